The fraction of sp³-hybridized carbons (Fsp3) is 0.452. The van der Waals surface area contributed by atoms with Crippen LogP contribution in [-0.2, 0) is 26.5 Å². The molecule has 3 aromatic rings. The number of benzene rings is 2. The van der Waals surface area contributed by atoms with E-state index in [0.29, 0.717) is 5.69 Å². The van der Waals surface area contributed by atoms with Crippen molar-refractivity contribution in [3.8, 4) is 17.3 Å². The van der Waals surface area contributed by atoms with Gasteiger partial charge < -0.3 is 34.7 Å². The summed E-state index contributed by atoms with van der Waals surface area (Å²) in [7, 11) is -2.47. The van der Waals surface area contributed by atoms with Gasteiger partial charge in [0.25, 0.3) is 10.0 Å². The van der Waals surface area contributed by atoms with Crippen LogP contribution in [0.5, 0.6) is 0 Å². The number of allylic oxidation sites excluding steroid dienone is 2. The summed E-state index contributed by atoms with van der Waals surface area (Å²) in [6.07, 6.45) is -5.31. The highest BCUT2D eigenvalue weighted by Gasteiger charge is 2.38. The molecule has 0 radical (unpaired) electrons. The second kappa shape index (κ2) is 13.8. The Hall–Kier alpha value is -3.32. The van der Waals surface area contributed by atoms with E-state index < -0.39 is 39.3 Å². The van der Waals surface area contributed by atoms with Crippen molar-refractivity contribution < 1.29 is 33.2 Å². The van der Waals surface area contributed by atoms with Crippen LogP contribution in [0, 0.1) is 11.3 Å². The SMILES string of the molecule is CC(=C(C#N)S(=O)(=O)NCC1OCC(O)C(O)C1O)c1ccc(-c2ccc3cc(NCCN4CCOCC4)ccc3c2)n1C. The van der Waals surface area contributed by atoms with E-state index in [1.807, 2.05) is 23.7 Å². The van der Waals surface area contributed by atoms with E-state index in [-0.39, 0.29) is 18.7 Å². The Morgan fingerprint density at radius 3 is 2.52 bits per heavy atom. The van der Waals surface area contributed by atoms with Crippen molar-refractivity contribution in [2.45, 2.75) is 31.3 Å². The summed E-state index contributed by atoms with van der Waals surface area (Å²) in [5, 5.41) is 45.1. The molecule has 2 aliphatic rings. The van der Waals surface area contributed by atoms with Gasteiger partial charge in [0.1, 0.15) is 24.4 Å². The van der Waals surface area contributed by atoms with Crippen molar-refractivity contribution >= 4 is 32.1 Å². The first-order valence-corrected chi connectivity index (χ1v) is 16.1. The van der Waals surface area contributed by atoms with Crippen LogP contribution in [0.2, 0.25) is 0 Å². The molecule has 4 atom stereocenters. The quantitative estimate of drug-likeness (QED) is 0.207. The summed E-state index contributed by atoms with van der Waals surface area (Å²) >= 11 is 0. The second-order valence-corrected chi connectivity index (χ2v) is 12.9. The van der Waals surface area contributed by atoms with Crippen molar-refractivity contribution in [3.05, 3.63) is 59.1 Å². The molecule has 3 heterocycles. The first-order chi connectivity index (χ1) is 21.1. The lowest BCUT2D eigenvalue weighted by Crippen LogP contribution is -2.56. The molecule has 0 aliphatic carbocycles. The Morgan fingerprint density at radius 1 is 1.05 bits per heavy atom. The largest absolute Gasteiger partial charge is 0.388 e. The lowest BCUT2D eigenvalue weighted by Gasteiger charge is -2.35. The van der Waals surface area contributed by atoms with E-state index in [0.717, 1.165) is 67.1 Å². The van der Waals surface area contributed by atoms with Crippen LogP contribution in [0.1, 0.15) is 12.6 Å². The Morgan fingerprint density at radius 2 is 1.77 bits per heavy atom. The molecule has 12 nitrogen and oxygen atoms in total. The number of sulfonamides is 1. The molecule has 13 heteroatoms. The molecule has 5 rings (SSSR count). The standard InChI is InChI=1S/C31H39N5O7S/c1-20(29(17-32)44(40,41)34-18-28-31(39)30(38)27(37)19-43-28)25-7-8-26(35(25)2)23-4-3-22-16-24(6-5-21(22)15-23)33-9-10-36-11-13-42-14-12-36/h3-8,15-16,27-28,30-31,33-34,37-39H,9-14,18-19H2,1-2H3. The van der Waals surface area contributed by atoms with Crippen LogP contribution in [0.25, 0.3) is 27.6 Å². The van der Waals surface area contributed by atoms with Crippen LogP contribution in [0.4, 0.5) is 5.69 Å². The van der Waals surface area contributed by atoms with Crippen LogP contribution in [0.3, 0.4) is 0 Å². The van der Waals surface area contributed by atoms with Crippen LogP contribution in [-0.4, -0.2) is 110 Å². The number of aliphatic hydroxyl groups is 3. The monoisotopic (exact) mass is 625 g/mol. The zero-order valence-electron chi connectivity index (χ0n) is 24.8. The van der Waals surface area contributed by atoms with Gasteiger partial charge in [0.15, 0.2) is 4.91 Å². The molecule has 4 unspecified atom stereocenters. The van der Waals surface area contributed by atoms with E-state index in [9.17, 15) is 29.0 Å². The number of aliphatic hydroxyl groups excluding tert-OH is 3. The highest BCUT2D eigenvalue weighted by molar-refractivity contribution is 7.93. The first kappa shape index (κ1) is 32.1. The summed E-state index contributed by atoms with van der Waals surface area (Å²) in [6, 6.07) is 17.9. The van der Waals surface area contributed by atoms with Gasteiger partial charge in [-0.1, -0.05) is 18.2 Å². The van der Waals surface area contributed by atoms with Gasteiger partial charge >= 0.3 is 0 Å². The minimum atomic E-state index is -4.29. The third-order valence-corrected chi connectivity index (χ3v) is 9.78. The molecule has 2 saturated heterocycles. The number of anilines is 1. The molecule has 2 fully saturated rings. The first-order valence-electron chi connectivity index (χ1n) is 14.6. The fourth-order valence-corrected chi connectivity index (χ4v) is 6.80. The highest BCUT2D eigenvalue weighted by atomic mass is 32.2. The third kappa shape index (κ3) is 6.98. The van der Waals surface area contributed by atoms with Crippen molar-refractivity contribution in [2.24, 2.45) is 7.05 Å². The van der Waals surface area contributed by atoms with Crippen molar-refractivity contribution in [1.82, 2.24) is 14.2 Å². The molecule has 0 spiro atoms. The van der Waals surface area contributed by atoms with Crippen LogP contribution >= 0.6 is 0 Å². The van der Waals surface area contributed by atoms with E-state index in [4.69, 9.17) is 9.47 Å². The Kier molecular flexibility index (Phi) is 10.0. The molecule has 0 saturated carbocycles. The van der Waals surface area contributed by atoms with Gasteiger partial charge in [-0.2, -0.15) is 5.26 Å². The summed E-state index contributed by atoms with van der Waals surface area (Å²) in [6.45, 7) is 6.23. The molecule has 1 aromatic heterocycles. The van der Waals surface area contributed by atoms with Crippen LogP contribution in [0.15, 0.2) is 53.4 Å². The molecular weight excluding hydrogens is 586 g/mol. The summed E-state index contributed by atoms with van der Waals surface area (Å²) in [5.41, 5.74) is 3.65. The molecular formula is C31H39N5O7S. The van der Waals surface area contributed by atoms with Gasteiger partial charge in [-0.3, -0.25) is 4.90 Å². The van der Waals surface area contributed by atoms with Crippen LogP contribution < -0.4 is 10.0 Å². The minimum Gasteiger partial charge on any atom is -0.388 e. The molecule has 0 bridgehead atoms. The molecule has 5 N–H and O–H groups in total. The maximum absolute atomic E-state index is 13.1. The van der Waals surface area contributed by atoms with Gasteiger partial charge in [0, 0.05) is 62.4 Å². The minimum absolute atomic E-state index is 0.251. The second-order valence-electron chi connectivity index (χ2n) is 11.2. The molecule has 44 heavy (non-hydrogen) atoms. The molecule has 0 amide bonds. The molecule has 236 valence electrons. The third-order valence-electron chi connectivity index (χ3n) is 8.29. The average Bonchev–Trinajstić information content (AvgIpc) is 3.41. The van der Waals surface area contributed by atoms with Gasteiger partial charge in [-0.25, -0.2) is 13.1 Å². The maximum Gasteiger partial charge on any atom is 0.251 e. The molecule has 2 aromatic carbocycles. The average molecular weight is 626 g/mol. The normalized spacial score (nSPS) is 23.7. The maximum atomic E-state index is 13.1. The highest BCUT2D eigenvalue weighted by Crippen LogP contribution is 2.31. The smallest absolute Gasteiger partial charge is 0.251 e. The number of morpholine rings is 1. The summed E-state index contributed by atoms with van der Waals surface area (Å²) < 4.78 is 41.1. The van der Waals surface area contributed by atoms with E-state index in [2.05, 4.69) is 45.3 Å². The lowest BCUT2D eigenvalue weighted by atomic mass is 10.0. The number of nitrogens with zero attached hydrogens (tertiary/aromatic N) is 3. The molecule has 2 aliphatic heterocycles. The topological polar surface area (TPSA) is 169 Å². The zero-order chi connectivity index (χ0) is 31.4. The Bertz CT molecular complexity index is 1660. The van der Waals surface area contributed by atoms with E-state index in [1.165, 1.54) is 0 Å². The van der Waals surface area contributed by atoms with Crippen molar-refractivity contribution in [3.63, 3.8) is 0 Å². The number of ether oxygens (including phenoxy) is 2. The number of hydrogen-bond acceptors (Lipinski definition) is 10. The van der Waals surface area contributed by atoms with Gasteiger partial charge in [0.05, 0.1) is 25.9 Å². The fourth-order valence-electron chi connectivity index (χ4n) is 5.65. The number of rotatable bonds is 10. The predicted octanol–water partition coefficient (Wildman–Crippen LogP) is 1.24. The summed E-state index contributed by atoms with van der Waals surface area (Å²) in [4.78, 5) is 1.92. The van der Waals surface area contributed by atoms with Gasteiger partial charge in [-0.05, 0) is 53.6 Å². The van der Waals surface area contributed by atoms with Crippen molar-refractivity contribution in [1.29, 1.82) is 5.26 Å². The lowest BCUT2D eigenvalue weighted by molar-refractivity contribution is -0.184. The van der Waals surface area contributed by atoms with Gasteiger partial charge in [0.2, 0.25) is 0 Å². The number of hydrogen-bond donors (Lipinski definition) is 5. The van der Waals surface area contributed by atoms with E-state index >= 15 is 0 Å². The summed E-state index contributed by atoms with van der Waals surface area (Å²) in [5.74, 6) is 0. The number of fused-ring (bicyclic) bond motifs is 1. The number of aromatic nitrogens is 1. The predicted molar refractivity (Wildman–Crippen MR) is 167 cm³/mol. The Balaban J connectivity index is 1.29. The van der Waals surface area contributed by atoms with Gasteiger partial charge in [-0.15, -0.1) is 0 Å². The van der Waals surface area contributed by atoms with E-state index in [1.54, 1.807) is 19.1 Å². The Labute approximate surface area is 257 Å². The van der Waals surface area contributed by atoms with Crippen molar-refractivity contribution in [2.75, 3.05) is 57.9 Å². The zero-order valence-corrected chi connectivity index (χ0v) is 25.6. The number of nitrogens with one attached hydrogen (secondary N) is 2. The number of nitriles is 1.